The second-order valence-electron chi connectivity index (χ2n) is 30.1. The van der Waals surface area contributed by atoms with E-state index in [-0.39, 0.29) is 25.7 Å². The zero-order valence-electron chi connectivity index (χ0n) is 64.4. The highest BCUT2D eigenvalue weighted by Gasteiger charge is 2.30. The first-order chi connectivity index (χ1) is 47.1. The minimum absolute atomic E-state index is 0.106. The van der Waals surface area contributed by atoms with E-state index in [1.165, 1.54) is 199 Å². The van der Waals surface area contributed by atoms with E-state index in [2.05, 4.69) is 55.4 Å². The van der Waals surface area contributed by atoms with Crippen molar-refractivity contribution < 1.29 is 80.2 Å². The number of aliphatic hydroxyl groups excluding tert-OH is 1. The average Bonchev–Trinajstić information content (AvgIpc) is 1.02. The first-order valence-corrected chi connectivity index (χ1v) is 43.7. The molecule has 0 aromatic carbocycles. The molecule has 98 heavy (non-hydrogen) atoms. The normalized spacial score (nSPS) is 14.3. The summed E-state index contributed by atoms with van der Waals surface area (Å²) in [5.41, 5.74) is 0. The lowest BCUT2D eigenvalue weighted by atomic mass is 9.99. The van der Waals surface area contributed by atoms with E-state index in [1.807, 2.05) is 0 Å². The van der Waals surface area contributed by atoms with Crippen molar-refractivity contribution in [3.8, 4) is 0 Å². The molecule has 0 saturated heterocycles. The summed E-state index contributed by atoms with van der Waals surface area (Å²) >= 11 is 0. The van der Waals surface area contributed by atoms with Crippen LogP contribution < -0.4 is 0 Å². The highest BCUT2D eigenvalue weighted by atomic mass is 31.2. The molecule has 4 unspecified atom stereocenters. The molecule has 0 bridgehead atoms. The van der Waals surface area contributed by atoms with Crippen molar-refractivity contribution in [3.63, 3.8) is 0 Å². The minimum atomic E-state index is -4.96. The highest BCUT2D eigenvalue weighted by Crippen LogP contribution is 2.45. The second kappa shape index (κ2) is 68.2. The quantitative estimate of drug-likeness (QED) is 0.0222. The van der Waals surface area contributed by atoms with Crippen LogP contribution in [0.4, 0.5) is 0 Å². The summed E-state index contributed by atoms with van der Waals surface area (Å²) in [6.07, 6.45) is 54.1. The molecular weight excluding hydrogens is 1280 g/mol. The second-order valence-corrected chi connectivity index (χ2v) is 33.0. The van der Waals surface area contributed by atoms with Gasteiger partial charge >= 0.3 is 39.5 Å². The Kier molecular flexibility index (Phi) is 66.8. The number of phosphoric ester groups is 2. The van der Waals surface area contributed by atoms with Crippen LogP contribution in [-0.2, 0) is 65.4 Å². The fourth-order valence-electron chi connectivity index (χ4n) is 12.0. The highest BCUT2D eigenvalue weighted by molar-refractivity contribution is 7.47. The number of hydrogen-bond donors (Lipinski definition) is 3. The molecule has 0 radical (unpaired) electrons. The number of phosphoric acid groups is 2. The molecule has 0 aliphatic heterocycles. The molecule has 0 fully saturated rings. The summed E-state index contributed by atoms with van der Waals surface area (Å²) in [7, 11) is -9.92. The standard InChI is InChI=1S/C79H154O17P2/c1-9-72(8)58-50-42-34-26-19-15-11-13-17-21-28-36-45-53-61-78(83)96-75(66-90-77(82)60-52-44-38-30-33-41-49-57-71(6)7)68-94-98(87,88)92-64-73(80)63-91-97(85,86)93-67-74(95-79(84)62-54-46-37-29-23-22-25-32-40-48-56-70(4)5)65-89-76(81)59-51-43-35-27-20-16-12-10-14-18-24-31-39-47-55-69(2)3/h69-75,80H,9-68H2,1-8H3,(H,85,86)(H,87,88)/t72?,73?,74-,75-/m1/s1. The maximum absolute atomic E-state index is 13.1. The molecule has 0 amide bonds. The number of ether oxygens (including phenoxy) is 4. The molecule has 0 aromatic heterocycles. The van der Waals surface area contributed by atoms with Gasteiger partial charge in [0.2, 0.25) is 0 Å². The molecular formula is C79H154O17P2. The predicted octanol–water partition coefficient (Wildman–Crippen LogP) is 23.2. The monoisotopic (exact) mass is 1440 g/mol. The van der Waals surface area contributed by atoms with Crippen molar-refractivity contribution in [2.45, 2.75) is 420 Å². The molecule has 0 spiro atoms. The van der Waals surface area contributed by atoms with Crippen molar-refractivity contribution >= 4 is 39.5 Å². The summed E-state index contributed by atoms with van der Waals surface area (Å²) in [5.74, 6) is 0.985. The Hall–Kier alpha value is -1.94. The van der Waals surface area contributed by atoms with Gasteiger partial charge < -0.3 is 33.8 Å². The van der Waals surface area contributed by atoms with Gasteiger partial charge in [0.1, 0.15) is 19.3 Å². The third-order valence-corrected chi connectivity index (χ3v) is 20.6. The first kappa shape index (κ1) is 96.1. The molecule has 0 aliphatic rings. The Bertz CT molecular complexity index is 1920. The van der Waals surface area contributed by atoms with Crippen LogP contribution in [0.25, 0.3) is 0 Å². The number of aliphatic hydroxyl groups is 1. The number of carbonyl (C=O) groups is 4. The molecule has 17 nitrogen and oxygen atoms in total. The van der Waals surface area contributed by atoms with Gasteiger partial charge in [0.15, 0.2) is 12.2 Å². The Morgan fingerprint density at radius 2 is 0.490 bits per heavy atom. The average molecular weight is 1440 g/mol. The Morgan fingerprint density at radius 3 is 0.724 bits per heavy atom. The number of hydrogen-bond acceptors (Lipinski definition) is 15. The van der Waals surface area contributed by atoms with E-state index in [1.54, 1.807) is 0 Å². The third kappa shape index (κ3) is 71.1. The van der Waals surface area contributed by atoms with Crippen LogP contribution in [0, 0.1) is 23.7 Å². The van der Waals surface area contributed by atoms with E-state index < -0.39 is 97.5 Å². The van der Waals surface area contributed by atoms with Gasteiger partial charge in [-0.05, 0) is 49.4 Å². The lowest BCUT2D eigenvalue weighted by Crippen LogP contribution is -2.30. The first-order valence-electron chi connectivity index (χ1n) is 40.7. The third-order valence-electron chi connectivity index (χ3n) is 18.7. The molecule has 6 atom stereocenters. The van der Waals surface area contributed by atoms with Crippen molar-refractivity contribution in [2.24, 2.45) is 23.7 Å². The van der Waals surface area contributed by atoms with Crippen LogP contribution in [-0.4, -0.2) is 96.7 Å². The van der Waals surface area contributed by atoms with Gasteiger partial charge in [0.25, 0.3) is 0 Å². The van der Waals surface area contributed by atoms with Crippen molar-refractivity contribution in [2.75, 3.05) is 39.6 Å². The molecule has 0 rings (SSSR count). The molecule has 0 heterocycles. The van der Waals surface area contributed by atoms with Crippen LogP contribution in [0.5, 0.6) is 0 Å². The number of esters is 4. The fraction of sp³-hybridized carbons (Fsp3) is 0.949. The Labute approximate surface area is 600 Å². The molecule has 19 heteroatoms. The summed E-state index contributed by atoms with van der Waals surface area (Å²) in [6.45, 7) is 14.2. The Balaban J connectivity index is 5.23. The lowest BCUT2D eigenvalue weighted by Gasteiger charge is -2.21. The van der Waals surface area contributed by atoms with Gasteiger partial charge in [-0.1, -0.05) is 351 Å². The molecule has 0 saturated carbocycles. The SMILES string of the molecule is CCC(C)CCCCCCCCCCCCCCCCC(=O)O[C@H](COC(=O)CCCCCCCCCC(C)C)COP(=O)(O)OCC(O)COP(=O)(O)OC[C@@H](COC(=O)CCCCCCCCCCCCCCCCC(C)C)OC(=O)CCCCCCCCCCCCC(C)C. The minimum Gasteiger partial charge on any atom is -0.462 e. The van der Waals surface area contributed by atoms with E-state index in [9.17, 15) is 43.2 Å². The van der Waals surface area contributed by atoms with Crippen molar-refractivity contribution in [1.29, 1.82) is 0 Å². The predicted molar refractivity (Wildman–Crippen MR) is 400 cm³/mol. The lowest BCUT2D eigenvalue weighted by molar-refractivity contribution is -0.161. The van der Waals surface area contributed by atoms with Crippen molar-refractivity contribution in [1.82, 2.24) is 0 Å². The number of rotatable bonds is 76. The van der Waals surface area contributed by atoms with Crippen LogP contribution in [0.3, 0.4) is 0 Å². The van der Waals surface area contributed by atoms with Crippen LogP contribution >= 0.6 is 15.6 Å². The molecule has 0 aliphatic carbocycles. The van der Waals surface area contributed by atoms with Crippen molar-refractivity contribution in [3.05, 3.63) is 0 Å². The largest absolute Gasteiger partial charge is 0.472 e. The van der Waals surface area contributed by atoms with Gasteiger partial charge in [-0.15, -0.1) is 0 Å². The Morgan fingerprint density at radius 1 is 0.286 bits per heavy atom. The summed E-state index contributed by atoms with van der Waals surface area (Å²) < 4.78 is 68.6. The summed E-state index contributed by atoms with van der Waals surface area (Å²) in [5, 5.41) is 10.6. The zero-order chi connectivity index (χ0) is 72.4. The van der Waals surface area contributed by atoms with Gasteiger partial charge in [-0.2, -0.15) is 0 Å². The zero-order valence-corrected chi connectivity index (χ0v) is 66.2. The van der Waals surface area contributed by atoms with Crippen LogP contribution in [0.15, 0.2) is 0 Å². The number of carbonyl (C=O) groups excluding carboxylic acids is 4. The molecule has 582 valence electrons. The smallest absolute Gasteiger partial charge is 0.462 e. The van der Waals surface area contributed by atoms with E-state index in [4.69, 9.17) is 37.0 Å². The topological polar surface area (TPSA) is 237 Å². The maximum Gasteiger partial charge on any atom is 0.472 e. The van der Waals surface area contributed by atoms with Gasteiger partial charge in [-0.3, -0.25) is 37.3 Å². The van der Waals surface area contributed by atoms with Crippen LogP contribution in [0.2, 0.25) is 0 Å². The van der Waals surface area contributed by atoms with E-state index in [0.717, 1.165) is 114 Å². The fourth-order valence-corrected chi connectivity index (χ4v) is 13.6. The van der Waals surface area contributed by atoms with Gasteiger partial charge in [0.05, 0.1) is 26.4 Å². The summed E-state index contributed by atoms with van der Waals surface area (Å²) in [4.78, 5) is 72.9. The summed E-state index contributed by atoms with van der Waals surface area (Å²) in [6, 6.07) is 0. The van der Waals surface area contributed by atoms with E-state index in [0.29, 0.717) is 31.6 Å². The van der Waals surface area contributed by atoms with E-state index >= 15 is 0 Å². The number of unbranched alkanes of at least 4 members (excludes halogenated alkanes) is 41. The van der Waals surface area contributed by atoms with Gasteiger partial charge in [-0.25, -0.2) is 9.13 Å². The van der Waals surface area contributed by atoms with Crippen LogP contribution in [0.1, 0.15) is 402 Å². The maximum atomic E-state index is 13.1. The van der Waals surface area contributed by atoms with Gasteiger partial charge in [0, 0.05) is 25.7 Å². The molecule has 3 N–H and O–H groups in total. The molecule has 0 aromatic rings.